The average molecular weight is 973 g/mol. The summed E-state index contributed by atoms with van der Waals surface area (Å²) in [6.45, 7) is 5.63. The van der Waals surface area contributed by atoms with Crippen molar-refractivity contribution in [3.8, 4) is 22.6 Å². The van der Waals surface area contributed by atoms with Crippen molar-refractivity contribution in [2.24, 2.45) is 0 Å². The zero-order valence-electron chi connectivity index (χ0n) is 36.5. The lowest BCUT2D eigenvalue weighted by molar-refractivity contribution is -0.173. The minimum atomic E-state index is -5.59. The number of phenolic OH excluding ortho intramolecular Hbond substituents is 1. The normalized spacial score (nSPS) is 11.3. The molecule has 2 amide bonds. The molecule has 0 atom stereocenters. The van der Waals surface area contributed by atoms with E-state index in [9.17, 15) is 62.6 Å². The number of aryl methyl sites for hydroxylation is 3. The highest BCUT2D eigenvalue weighted by Gasteiger charge is 2.48. The van der Waals surface area contributed by atoms with Gasteiger partial charge in [-0.2, -0.15) is 47.9 Å². The monoisotopic (exact) mass is 972 g/mol. The molecule has 21 heteroatoms. The molecule has 0 radical (unpaired) electrons. The molecule has 0 fully saturated rings. The molecule has 0 saturated carbocycles. The molecule has 0 saturated heterocycles. The molecule has 0 bridgehead atoms. The quantitative estimate of drug-likeness (QED) is 0.0319. The van der Waals surface area contributed by atoms with Gasteiger partial charge >= 0.3 is 46.9 Å². The van der Waals surface area contributed by atoms with Crippen LogP contribution in [-0.4, -0.2) is 60.4 Å². The standard InChI is InChI=1S/C18H18F3NO.C10H11F3O3S.C9H9BF3NO3.C9H12O/c1-2-5-14-6-3-4-7-16(14)15-10-8-13(9-11-15)12-22-17(23)18(19,20)21;1-2-5-8-6-3-4-7-9(8)16-17(14,15)10(11,12)13;11-9(12,13)8(15)14-5-6-1-3-7(4-2-6)10(16)17;1-2-5-8-6-3-4-7-9(8)10/h3-4,6-11H,2,5,12H2,1H3,(H,22,23);3-4,6-7H,2,5H2,1H3;1-4,16-17H,5H2,(H,14,15);3-4,6-7,10H,2,5H2,1H3. The predicted molar refractivity (Wildman–Crippen MR) is 236 cm³/mol. The highest BCUT2D eigenvalue weighted by molar-refractivity contribution is 7.88. The van der Waals surface area contributed by atoms with Crippen LogP contribution in [0.3, 0.4) is 0 Å². The van der Waals surface area contributed by atoms with Gasteiger partial charge in [0.25, 0.3) is 0 Å². The van der Waals surface area contributed by atoms with Gasteiger partial charge in [-0.3, -0.25) is 9.59 Å². The third-order valence-electron chi connectivity index (χ3n) is 8.99. The van der Waals surface area contributed by atoms with Crippen molar-refractivity contribution in [1.29, 1.82) is 0 Å². The van der Waals surface area contributed by atoms with Gasteiger partial charge in [0.05, 0.1) is 0 Å². The molecule has 10 nitrogen and oxygen atoms in total. The summed E-state index contributed by atoms with van der Waals surface area (Å²) in [5.74, 6) is -3.78. The van der Waals surface area contributed by atoms with Crippen LogP contribution >= 0.6 is 0 Å². The van der Waals surface area contributed by atoms with Crippen LogP contribution in [-0.2, 0) is 52.1 Å². The number of rotatable bonds is 14. The first-order valence-electron chi connectivity index (χ1n) is 20.5. The van der Waals surface area contributed by atoms with Crippen LogP contribution in [0.4, 0.5) is 39.5 Å². The fourth-order valence-electron chi connectivity index (χ4n) is 5.68. The zero-order valence-corrected chi connectivity index (χ0v) is 37.3. The van der Waals surface area contributed by atoms with Crippen molar-refractivity contribution >= 4 is 34.5 Å². The van der Waals surface area contributed by atoms with Crippen molar-refractivity contribution in [3.05, 3.63) is 149 Å². The number of phenols is 1. The maximum absolute atomic E-state index is 12.1. The Kier molecular flexibility index (Phi) is 22.9. The van der Waals surface area contributed by atoms with Gasteiger partial charge in [0.15, 0.2) is 0 Å². The van der Waals surface area contributed by atoms with E-state index < -0.39 is 46.9 Å². The van der Waals surface area contributed by atoms with Gasteiger partial charge in [0.2, 0.25) is 0 Å². The van der Waals surface area contributed by atoms with Gasteiger partial charge < -0.3 is 30.0 Å². The Balaban J connectivity index is 0.000000318. The third kappa shape index (κ3) is 20.1. The van der Waals surface area contributed by atoms with Gasteiger partial charge in [0.1, 0.15) is 11.5 Å². The lowest BCUT2D eigenvalue weighted by Gasteiger charge is -2.12. The Morgan fingerprint density at radius 1 is 0.567 bits per heavy atom. The number of alkyl halides is 9. The maximum atomic E-state index is 12.1. The van der Waals surface area contributed by atoms with Crippen LogP contribution in [0.1, 0.15) is 67.9 Å². The van der Waals surface area contributed by atoms with Gasteiger partial charge in [-0.15, -0.1) is 0 Å². The largest absolute Gasteiger partial charge is 0.534 e. The van der Waals surface area contributed by atoms with Gasteiger partial charge in [-0.25, -0.2) is 0 Å². The molecule has 67 heavy (non-hydrogen) atoms. The molecule has 0 aliphatic carbocycles. The van der Waals surface area contributed by atoms with Crippen molar-refractivity contribution in [2.45, 2.75) is 90.2 Å². The number of hydrogen-bond acceptors (Lipinski definition) is 8. The summed E-state index contributed by atoms with van der Waals surface area (Å²) in [6.07, 6.45) is -4.57. The van der Waals surface area contributed by atoms with Crippen molar-refractivity contribution < 1.29 is 76.9 Å². The average Bonchev–Trinajstić information content (AvgIpc) is 3.26. The summed E-state index contributed by atoms with van der Waals surface area (Å²) in [7, 11) is -7.22. The van der Waals surface area contributed by atoms with Crippen molar-refractivity contribution in [2.75, 3.05) is 0 Å². The number of aromatic hydroxyl groups is 1. The SMILES string of the molecule is CCCc1ccccc1-c1ccc(CNC(=O)C(F)(F)F)cc1.CCCc1ccccc1O.CCCc1ccccc1OS(=O)(=O)C(F)(F)F.O=C(NCc1ccc(B(O)O)cc1)C(F)(F)F. The number of para-hydroxylation sites is 2. The zero-order chi connectivity index (χ0) is 50.4. The van der Waals surface area contributed by atoms with E-state index in [1.807, 2.05) is 60.8 Å². The maximum Gasteiger partial charge on any atom is 0.534 e. The van der Waals surface area contributed by atoms with Crippen LogP contribution in [0, 0.1) is 0 Å². The molecule has 0 spiro atoms. The summed E-state index contributed by atoms with van der Waals surface area (Å²) < 4.78 is 134. The summed E-state index contributed by atoms with van der Waals surface area (Å²) in [5.41, 5.74) is 0.718. The minimum absolute atomic E-state index is 0.144. The number of benzene rings is 5. The second kappa shape index (κ2) is 26.9. The Hall–Kier alpha value is -6.06. The lowest BCUT2D eigenvalue weighted by Crippen LogP contribution is -2.36. The van der Waals surface area contributed by atoms with Crippen LogP contribution < -0.4 is 20.3 Å². The lowest BCUT2D eigenvalue weighted by atomic mass is 9.80. The molecule has 5 N–H and O–H groups in total. The number of hydrogen-bond donors (Lipinski definition) is 5. The first-order valence-corrected chi connectivity index (χ1v) is 21.9. The molecule has 5 aromatic carbocycles. The molecular weight excluding hydrogens is 922 g/mol. The van der Waals surface area contributed by atoms with E-state index in [-0.39, 0.29) is 24.3 Å². The topological polar surface area (TPSA) is 162 Å². The highest BCUT2D eigenvalue weighted by Crippen LogP contribution is 2.30. The highest BCUT2D eigenvalue weighted by atomic mass is 32.2. The summed E-state index contributed by atoms with van der Waals surface area (Å²) in [5, 5.41) is 30.4. The first-order chi connectivity index (χ1) is 31.3. The van der Waals surface area contributed by atoms with Crippen LogP contribution in [0.15, 0.2) is 121 Å². The summed E-state index contributed by atoms with van der Waals surface area (Å²) in [6, 6.07) is 34.0. The molecule has 0 aliphatic heterocycles. The summed E-state index contributed by atoms with van der Waals surface area (Å²) in [4.78, 5) is 21.3. The number of carbonyl (C=O) groups excluding carboxylic acids is 2. The molecule has 0 aromatic heterocycles. The molecule has 0 aliphatic rings. The van der Waals surface area contributed by atoms with E-state index >= 15 is 0 Å². The predicted octanol–water partition coefficient (Wildman–Crippen LogP) is 9.24. The Labute approximate surface area is 383 Å². The minimum Gasteiger partial charge on any atom is -0.508 e. The molecule has 364 valence electrons. The number of carbonyl (C=O) groups is 2. The first kappa shape index (κ1) is 57.1. The molecule has 5 rings (SSSR count). The molecule has 0 unspecified atom stereocenters. The van der Waals surface area contributed by atoms with E-state index in [1.54, 1.807) is 29.6 Å². The van der Waals surface area contributed by atoms with Crippen LogP contribution in [0.2, 0.25) is 0 Å². The van der Waals surface area contributed by atoms with Gasteiger partial charge in [0, 0.05) is 13.1 Å². The second-order valence-electron chi connectivity index (χ2n) is 14.3. The van der Waals surface area contributed by atoms with E-state index in [1.165, 1.54) is 48.0 Å². The van der Waals surface area contributed by atoms with Crippen LogP contribution in [0.5, 0.6) is 11.5 Å². The fraction of sp³-hybridized carbons (Fsp3) is 0.304. The van der Waals surface area contributed by atoms with Crippen molar-refractivity contribution in [1.82, 2.24) is 10.6 Å². The Morgan fingerprint density at radius 2 is 0.970 bits per heavy atom. The van der Waals surface area contributed by atoms with Crippen LogP contribution in [0.25, 0.3) is 11.1 Å². The van der Waals surface area contributed by atoms with E-state index in [0.29, 0.717) is 35.3 Å². The van der Waals surface area contributed by atoms with Crippen molar-refractivity contribution in [3.63, 3.8) is 0 Å². The number of nitrogens with one attached hydrogen (secondary N) is 2. The summed E-state index contributed by atoms with van der Waals surface area (Å²) >= 11 is 0. The molecule has 5 aromatic rings. The van der Waals surface area contributed by atoms with E-state index in [4.69, 9.17) is 10.0 Å². The van der Waals surface area contributed by atoms with E-state index in [2.05, 4.69) is 24.1 Å². The Morgan fingerprint density at radius 3 is 1.42 bits per heavy atom. The Bertz CT molecular complexity index is 2400. The fourth-order valence-corrected chi connectivity index (χ4v) is 6.18. The third-order valence-corrected chi connectivity index (χ3v) is 9.95. The van der Waals surface area contributed by atoms with Gasteiger partial charge in [-0.1, -0.05) is 149 Å². The number of amides is 2. The number of halogens is 9. The smallest absolute Gasteiger partial charge is 0.508 e. The second-order valence-corrected chi connectivity index (χ2v) is 15.8. The van der Waals surface area contributed by atoms with Gasteiger partial charge in [-0.05, 0) is 75.8 Å². The molecular formula is C46H50BF9N2O8S. The van der Waals surface area contributed by atoms with E-state index in [0.717, 1.165) is 42.4 Å². The molecule has 0 heterocycles.